The lowest BCUT2D eigenvalue weighted by Gasteiger charge is -2.47. The van der Waals surface area contributed by atoms with Crippen LogP contribution in [0.15, 0.2) is 146 Å². The summed E-state index contributed by atoms with van der Waals surface area (Å²) in [6, 6.07) is 24.7. The van der Waals surface area contributed by atoms with Gasteiger partial charge in [-0.2, -0.15) is 0 Å². The minimum absolute atomic E-state index is 0.0335. The Morgan fingerprint density at radius 2 is 1.38 bits per heavy atom. The maximum Gasteiger partial charge on any atom is 0.257 e. The molecule has 15 rings (SSSR count). The van der Waals surface area contributed by atoms with Gasteiger partial charge in [0.2, 0.25) is 41.6 Å². The number of phenols is 3. The molecule has 0 radical (unpaired) electrons. The van der Waals surface area contributed by atoms with E-state index in [2.05, 4.69) is 26.6 Å². The monoisotopic (exact) mass is 1800 g/mol. The first-order valence-corrected chi connectivity index (χ1v) is 42.3. The van der Waals surface area contributed by atoms with Crippen LogP contribution in [0.3, 0.4) is 0 Å². The molecule has 8 aromatic rings. The van der Waals surface area contributed by atoms with Crippen LogP contribution in [0.4, 0.5) is 11.4 Å². The lowest BCUT2D eigenvalue weighted by Crippen LogP contribution is -2.64. The average molecular weight is 1800 g/mol. The second-order valence-electron chi connectivity index (χ2n) is 33.4. The van der Waals surface area contributed by atoms with Gasteiger partial charge in [-0.1, -0.05) is 111 Å². The van der Waals surface area contributed by atoms with Gasteiger partial charge in [0.15, 0.2) is 41.2 Å². The number of aryl methyl sites for hydroxylation is 2. The van der Waals surface area contributed by atoms with Gasteiger partial charge in [-0.05, 0) is 163 Å². The number of aromatic hydroxyl groups is 3. The molecule has 34 nitrogen and oxygen atoms in total. The van der Waals surface area contributed by atoms with Gasteiger partial charge in [0.05, 0.1) is 51.9 Å². The molecule has 0 aliphatic carbocycles. The molecule has 2 fully saturated rings. The molecule has 11 bridgehead atoms. The highest BCUT2D eigenvalue weighted by Crippen LogP contribution is 2.51. The number of aliphatic hydroxyl groups excluding tert-OH is 6. The summed E-state index contributed by atoms with van der Waals surface area (Å²) < 4.78 is 45.0. The smallest absolute Gasteiger partial charge is 0.257 e. The van der Waals surface area contributed by atoms with Crippen LogP contribution in [-0.2, 0) is 65.6 Å². The van der Waals surface area contributed by atoms with Gasteiger partial charge in [-0.15, -0.1) is 0 Å². The number of halogens is 2. The van der Waals surface area contributed by atoms with Crippen LogP contribution in [0.5, 0.6) is 51.7 Å². The highest BCUT2D eigenvalue weighted by molar-refractivity contribution is 6.32. The van der Waals surface area contributed by atoms with E-state index in [0.29, 0.717) is 17.5 Å². The van der Waals surface area contributed by atoms with Crippen molar-refractivity contribution in [1.82, 2.24) is 21.3 Å². The Balaban J connectivity index is 0.947. The standard InChI is InChI=1S/C92H99Cl2N8O26/c1-7-46(26-41(2)3)86(116)100-76-63(108)31-51(34-70(95)110)87(117)98-73-50-32-67(124-65-24-19-48(78(76)111)29-58(65)93)83(128-91-84(81(114)80(113)69(39-103)126-91)127-71-38-92(6,96)85(115)43(5)123-71)68(33-50)125-66-25-20-49(30-59(66)94)79(112)77-90(120)99-74(57-35-53(104)36-62(107)72(57)56-28-47(18-23-60(56)105)55(37-64(73)109)89(119)101-77)61(106)22-17-44-14-11-15-52(27-44)97-88(118)54-21-16-42(4)82(75(54)102-121)122-40-45-12-9-8-10-13-45/h8-16,18-21,23-25,27-30,32-33,35-36,41,43,46,51,55,69,71,73-74,76-81,84-85,91,102-105,107,111-115H,7,17,22,26,31,34,37-40,96H2,1-6H3,(H2,95,110)(H,97,118)(H,98,117)(H,99,120)(H,100,116)(H,101,119)/q-1/t43-,46+,51-,55+,69+,71-,73?,74+,76-,77-,78+,79+,80+,81-,84+,85+,91-,92-/m0/s1. The number of fused-ring (bicyclic) bond motifs is 15. The number of benzene rings is 8. The molecule has 8 aromatic carbocycles. The lowest BCUT2D eigenvalue weighted by atomic mass is 9.84. The Kier molecular flexibility index (Phi) is 29.1. The van der Waals surface area contributed by atoms with Crippen LogP contribution < -0.4 is 62.5 Å². The topological polar surface area (TPSA) is 548 Å². The number of amides is 6. The molecule has 7 heterocycles. The van der Waals surface area contributed by atoms with Gasteiger partial charge in [0.25, 0.3) is 5.91 Å². The molecule has 0 aromatic heterocycles. The predicted octanol–water partition coefficient (Wildman–Crippen LogP) is 8.69. The molecule has 18 atom stereocenters. The summed E-state index contributed by atoms with van der Waals surface area (Å²) in [5.74, 6) is -18.6. The molecule has 2 saturated heterocycles. The van der Waals surface area contributed by atoms with Crippen molar-refractivity contribution in [3.8, 4) is 62.9 Å². The van der Waals surface area contributed by atoms with Crippen molar-refractivity contribution >= 4 is 87.4 Å². The van der Waals surface area contributed by atoms with Crippen molar-refractivity contribution < 1.29 is 122 Å². The van der Waals surface area contributed by atoms with Gasteiger partial charge < -0.3 is 128 Å². The first-order valence-electron chi connectivity index (χ1n) is 41.5. The van der Waals surface area contributed by atoms with Gasteiger partial charge in [0.1, 0.15) is 95.8 Å². The van der Waals surface area contributed by atoms with E-state index in [1.165, 1.54) is 62.4 Å². The fourth-order valence-electron chi connectivity index (χ4n) is 16.6. The zero-order valence-electron chi connectivity index (χ0n) is 70.2. The van der Waals surface area contributed by atoms with E-state index in [-0.39, 0.29) is 104 Å². The molecule has 6 amide bonds. The number of nitrogens with two attached hydrogens (primary N) is 2. The van der Waals surface area contributed by atoms with Crippen molar-refractivity contribution in [2.75, 3.05) is 17.4 Å². The number of carbonyl (C=O) groups is 9. The van der Waals surface area contributed by atoms with Crippen LogP contribution in [0, 0.1) is 29.9 Å². The van der Waals surface area contributed by atoms with E-state index >= 15 is 28.8 Å². The third-order valence-electron chi connectivity index (χ3n) is 23.5. The van der Waals surface area contributed by atoms with Crippen molar-refractivity contribution in [2.24, 2.45) is 29.2 Å². The number of aliphatic hydroxyl groups is 6. The summed E-state index contributed by atoms with van der Waals surface area (Å²) in [4.78, 5) is 137. The van der Waals surface area contributed by atoms with Crippen LogP contribution in [0.2, 0.25) is 10.0 Å². The summed E-state index contributed by atoms with van der Waals surface area (Å²) in [6.07, 6.45) is -20.8. The number of primary amides is 1. The summed E-state index contributed by atoms with van der Waals surface area (Å²) in [6.45, 7) is 9.31. The largest absolute Gasteiger partial charge is 0.761 e. The van der Waals surface area contributed by atoms with E-state index in [0.717, 1.165) is 48.0 Å². The first-order chi connectivity index (χ1) is 60.9. The quantitative estimate of drug-likeness (QED) is 0.0282. The predicted molar refractivity (Wildman–Crippen MR) is 462 cm³/mol. The number of rotatable bonds is 22. The van der Waals surface area contributed by atoms with Gasteiger partial charge >= 0.3 is 0 Å². The van der Waals surface area contributed by atoms with Gasteiger partial charge in [-0.25, -0.2) is 0 Å². The van der Waals surface area contributed by atoms with Crippen molar-refractivity contribution in [3.63, 3.8) is 0 Å². The molecule has 0 spiro atoms. The first kappa shape index (κ1) is 93.8. The van der Waals surface area contributed by atoms with Crippen molar-refractivity contribution in [3.05, 3.63) is 211 Å². The third-order valence-corrected chi connectivity index (χ3v) is 24.1. The van der Waals surface area contributed by atoms with Crippen molar-refractivity contribution in [1.29, 1.82) is 0 Å². The fraction of sp³-hybridized carbons (Fsp3) is 0.380. The highest BCUT2D eigenvalue weighted by Gasteiger charge is 2.52. The normalized spacial score (nSPS) is 25.7. The molecule has 1 unspecified atom stereocenters. The fourth-order valence-corrected chi connectivity index (χ4v) is 17.1. The molecule has 678 valence electrons. The number of ketones is 3. The minimum Gasteiger partial charge on any atom is -0.761 e. The average Bonchev–Trinajstić information content (AvgIpc) is 0.762. The number of ether oxygens (including phenoxy) is 7. The molecule has 19 N–H and O–H groups in total. The SMILES string of the molecule is CC[C@H](CC(C)C)C(=O)N[C@H]1C(=O)C[C@@H](CC(N)=O)C(=O)NC2C(=O)C[C@H]3C(=O)N[C@H](C(=O)N[C@@H](C(=O)CCc4cccc(NC(=O)c5ccc(C)c(OCc6ccccc6)c5N[O-])c4)c4cc(O)cc(O)c4-c4cc3ccc4O)[C@H](O)c3ccc(c(Cl)c3)Oc3cc2cc(c3O[C@@H]2O[C@H](CO)[C@@H](O)[C@H](O)[C@H]2O[C@H]2C[C@](C)(N)[C@H](O)[C@H](C)O2)Oc2ccc(cc2Cl)[C@H]1O. The van der Waals surface area contributed by atoms with E-state index < -0.39 is 239 Å². The Morgan fingerprint density at radius 3 is 2.02 bits per heavy atom. The Labute approximate surface area is 744 Å². The van der Waals surface area contributed by atoms with Crippen molar-refractivity contribution in [2.45, 2.75) is 197 Å². The number of hydrogen-bond acceptors (Lipinski definition) is 28. The number of Topliss-reactive ketones (excluding diaryl/α,β-unsaturated/α-hetero) is 3. The Morgan fingerprint density at radius 1 is 0.703 bits per heavy atom. The number of anilines is 2. The van der Waals surface area contributed by atoms with Gasteiger partial charge in [0, 0.05) is 66.4 Å². The lowest BCUT2D eigenvalue weighted by molar-refractivity contribution is -0.333. The number of carbonyl (C=O) groups excluding carboxylic acids is 9. The summed E-state index contributed by atoms with van der Waals surface area (Å²) in [5, 5.41) is 132. The molecule has 0 saturated carbocycles. The molecule has 7 aliphatic heterocycles. The van der Waals surface area contributed by atoms with Crippen LogP contribution in [-0.4, -0.2) is 172 Å². The molecular formula is C92H99Cl2N8O26-. The van der Waals surface area contributed by atoms with E-state index in [1.54, 1.807) is 38.1 Å². The zero-order chi connectivity index (χ0) is 92.2. The maximum atomic E-state index is 16.5. The molecule has 7 aliphatic rings. The molecule has 36 heteroatoms. The van der Waals surface area contributed by atoms with E-state index in [1.807, 2.05) is 49.7 Å². The number of nitrogens with one attached hydrogen (secondary N) is 6. The highest BCUT2D eigenvalue weighted by atomic mass is 35.5. The molecule has 128 heavy (non-hydrogen) atoms. The van der Waals surface area contributed by atoms with Crippen LogP contribution in [0.25, 0.3) is 11.1 Å². The van der Waals surface area contributed by atoms with Crippen LogP contribution in [0.1, 0.15) is 165 Å². The summed E-state index contributed by atoms with van der Waals surface area (Å²) >= 11 is 14.4. The summed E-state index contributed by atoms with van der Waals surface area (Å²) in [7, 11) is 0. The number of hydrogen-bond donors (Lipinski definition) is 17. The minimum atomic E-state index is -2.26. The summed E-state index contributed by atoms with van der Waals surface area (Å²) in [5.41, 5.74) is 12.5. The van der Waals surface area contributed by atoms with E-state index in [4.69, 9.17) is 67.8 Å². The van der Waals surface area contributed by atoms with Gasteiger partial charge in [-0.3, -0.25) is 43.2 Å². The Bertz CT molecular complexity index is 5570. The number of phenolic OH excluding ortho intramolecular Hbond substituents is 3. The van der Waals surface area contributed by atoms with Crippen LogP contribution >= 0.6 is 23.2 Å². The second kappa shape index (κ2) is 39.8. The third kappa shape index (κ3) is 20.8. The van der Waals surface area contributed by atoms with E-state index in [9.17, 15) is 65.5 Å². The second-order valence-corrected chi connectivity index (χ2v) is 34.2. The maximum absolute atomic E-state index is 16.5. The Hall–Kier alpha value is -11.9. The zero-order valence-corrected chi connectivity index (χ0v) is 71.7. The molecular weight excluding hydrogens is 1700 g/mol.